The Morgan fingerprint density at radius 3 is 2.56 bits per heavy atom. The van der Waals surface area contributed by atoms with Crippen molar-refractivity contribution in [3.63, 3.8) is 0 Å². The van der Waals surface area contributed by atoms with Gasteiger partial charge in [-0.3, -0.25) is 0 Å². The third kappa shape index (κ3) is 5.36. The second-order valence-electron chi connectivity index (χ2n) is 3.73. The van der Waals surface area contributed by atoms with E-state index in [0.717, 1.165) is 16.6 Å². The summed E-state index contributed by atoms with van der Waals surface area (Å²) in [5.74, 6) is 0.478. The van der Waals surface area contributed by atoms with Gasteiger partial charge in [0.05, 0.1) is 0 Å². The number of ether oxygens (including phenoxy) is 2. The van der Waals surface area contributed by atoms with E-state index in [1.807, 2.05) is 37.3 Å². The zero-order valence-corrected chi connectivity index (χ0v) is 12.2. The van der Waals surface area contributed by atoms with E-state index in [2.05, 4.69) is 15.9 Å². The normalized spacial score (nSPS) is 11.2. The standard InChI is InChI=1S/C14H17BrO3/c1-3-4-11(2)14(16)18-10-9-17-13-7-5-12(15)6-8-13/h4-8H,3,9-10H2,1-2H3/b11-4-. The fourth-order valence-electron chi connectivity index (χ4n) is 1.33. The lowest BCUT2D eigenvalue weighted by atomic mass is 10.2. The Labute approximate surface area is 116 Å². The smallest absolute Gasteiger partial charge is 0.333 e. The Morgan fingerprint density at radius 2 is 1.94 bits per heavy atom. The third-order valence-electron chi connectivity index (χ3n) is 2.23. The van der Waals surface area contributed by atoms with E-state index in [1.165, 1.54) is 0 Å². The number of allylic oxidation sites excluding steroid dienone is 1. The first kappa shape index (κ1) is 14.8. The van der Waals surface area contributed by atoms with Crippen LogP contribution in [-0.2, 0) is 9.53 Å². The average molecular weight is 313 g/mol. The Bertz CT molecular complexity index is 410. The molecule has 18 heavy (non-hydrogen) atoms. The molecule has 1 aromatic rings. The lowest BCUT2D eigenvalue weighted by molar-refractivity contribution is -0.139. The maximum atomic E-state index is 11.4. The van der Waals surface area contributed by atoms with Crippen molar-refractivity contribution in [2.75, 3.05) is 13.2 Å². The summed E-state index contributed by atoms with van der Waals surface area (Å²) in [6, 6.07) is 7.51. The Balaban J connectivity index is 2.25. The SMILES string of the molecule is CC/C=C(/C)C(=O)OCCOc1ccc(Br)cc1. The number of benzene rings is 1. The van der Waals surface area contributed by atoms with E-state index < -0.39 is 0 Å². The average Bonchev–Trinajstić information content (AvgIpc) is 2.36. The van der Waals surface area contributed by atoms with Crippen LogP contribution in [0.15, 0.2) is 40.4 Å². The van der Waals surface area contributed by atoms with Crippen LogP contribution in [0.25, 0.3) is 0 Å². The Kier molecular flexibility index (Phi) is 6.50. The molecule has 3 nitrogen and oxygen atoms in total. The maximum Gasteiger partial charge on any atom is 0.333 e. The fraction of sp³-hybridized carbons (Fsp3) is 0.357. The first-order valence-electron chi connectivity index (χ1n) is 5.85. The van der Waals surface area contributed by atoms with Gasteiger partial charge in [-0.2, -0.15) is 0 Å². The van der Waals surface area contributed by atoms with Gasteiger partial charge in [0.1, 0.15) is 19.0 Å². The minimum absolute atomic E-state index is 0.254. The van der Waals surface area contributed by atoms with Crippen LogP contribution in [0.4, 0.5) is 0 Å². The van der Waals surface area contributed by atoms with Crippen LogP contribution in [0.2, 0.25) is 0 Å². The summed E-state index contributed by atoms with van der Waals surface area (Å²) in [5.41, 5.74) is 0.640. The van der Waals surface area contributed by atoms with Gasteiger partial charge in [0.25, 0.3) is 0 Å². The zero-order valence-electron chi connectivity index (χ0n) is 10.6. The molecule has 0 aromatic heterocycles. The largest absolute Gasteiger partial charge is 0.490 e. The zero-order chi connectivity index (χ0) is 13.4. The predicted molar refractivity (Wildman–Crippen MR) is 74.6 cm³/mol. The highest BCUT2D eigenvalue weighted by Crippen LogP contribution is 2.15. The van der Waals surface area contributed by atoms with Gasteiger partial charge in [-0.1, -0.05) is 28.9 Å². The summed E-state index contributed by atoms with van der Waals surface area (Å²) in [6.07, 6.45) is 2.67. The van der Waals surface area contributed by atoms with Crippen LogP contribution in [0.3, 0.4) is 0 Å². The van der Waals surface area contributed by atoms with Gasteiger partial charge in [-0.15, -0.1) is 0 Å². The molecule has 0 saturated heterocycles. The molecule has 0 heterocycles. The van der Waals surface area contributed by atoms with E-state index in [0.29, 0.717) is 12.2 Å². The van der Waals surface area contributed by atoms with Crippen LogP contribution in [0.1, 0.15) is 20.3 Å². The van der Waals surface area contributed by atoms with Crippen molar-refractivity contribution >= 4 is 21.9 Å². The van der Waals surface area contributed by atoms with Crippen LogP contribution in [0, 0.1) is 0 Å². The minimum atomic E-state index is -0.281. The van der Waals surface area contributed by atoms with E-state index in [9.17, 15) is 4.79 Å². The van der Waals surface area contributed by atoms with Crippen LogP contribution < -0.4 is 4.74 Å². The van der Waals surface area contributed by atoms with Crippen molar-refractivity contribution in [3.05, 3.63) is 40.4 Å². The molecule has 98 valence electrons. The lowest BCUT2D eigenvalue weighted by Gasteiger charge is -2.07. The molecule has 0 bridgehead atoms. The fourth-order valence-corrected chi connectivity index (χ4v) is 1.59. The van der Waals surface area contributed by atoms with Crippen molar-refractivity contribution in [2.24, 2.45) is 0 Å². The Hall–Kier alpha value is -1.29. The first-order chi connectivity index (χ1) is 8.63. The number of carbonyl (C=O) groups excluding carboxylic acids is 1. The molecule has 0 spiro atoms. The molecule has 0 aliphatic rings. The molecular weight excluding hydrogens is 296 g/mol. The van der Waals surface area contributed by atoms with Crippen LogP contribution in [0.5, 0.6) is 5.75 Å². The molecule has 0 amide bonds. The number of hydrogen-bond donors (Lipinski definition) is 0. The Morgan fingerprint density at radius 1 is 1.28 bits per heavy atom. The molecule has 0 saturated carbocycles. The van der Waals surface area contributed by atoms with Gasteiger partial charge in [0.15, 0.2) is 0 Å². The van der Waals surface area contributed by atoms with Crippen molar-refractivity contribution in [1.29, 1.82) is 0 Å². The predicted octanol–water partition coefficient (Wildman–Crippen LogP) is 3.73. The summed E-state index contributed by atoms with van der Waals surface area (Å²) >= 11 is 3.35. The lowest BCUT2D eigenvalue weighted by Crippen LogP contribution is -2.12. The second-order valence-corrected chi connectivity index (χ2v) is 4.65. The van der Waals surface area contributed by atoms with Crippen molar-refractivity contribution in [1.82, 2.24) is 0 Å². The van der Waals surface area contributed by atoms with Crippen LogP contribution in [-0.4, -0.2) is 19.2 Å². The molecule has 0 aliphatic heterocycles. The van der Waals surface area contributed by atoms with E-state index in [1.54, 1.807) is 6.92 Å². The van der Waals surface area contributed by atoms with E-state index >= 15 is 0 Å². The number of hydrogen-bond acceptors (Lipinski definition) is 3. The van der Waals surface area contributed by atoms with Crippen LogP contribution >= 0.6 is 15.9 Å². The molecule has 1 aromatic carbocycles. The molecule has 1 rings (SSSR count). The number of halogens is 1. The second kappa shape index (κ2) is 7.93. The highest BCUT2D eigenvalue weighted by Gasteiger charge is 2.04. The summed E-state index contributed by atoms with van der Waals surface area (Å²) in [7, 11) is 0. The van der Waals surface area contributed by atoms with Crippen molar-refractivity contribution in [2.45, 2.75) is 20.3 Å². The molecule has 0 radical (unpaired) electrons. The summed E-state index contributed by atoms with van der Waals surface area (Å²) < 4.78 is 11.5. The van der Waals surface area contributed by atoms with Crippen molar-refractivity contribution in [3.8, 4) is 5.75 Å². The van der Waals surface area contributed by atoms with Gasteiger partial charge >= 0.3 is 5.97 Å². The first-order valence-corrected chi connectivity index (χ1v) is 6.65. The molecular formula is C14H17BrO3. The quantitative estimate of drug-likeness (QED) is 0.456. The molecule has 4 heteroatoms. The number of esters is 1. The van der Waals surface area contributed by atoms with Gasteiger partial charge in [-0.25, -0.2) is 4.79 Å². The number of rotatable bonds is 6. The van der Waals surface area contributed by atoms with E-state index in [-0.39, 0.29) is 12.6 Å². The molecule has 0 fully saturated rings. The highest BCUT2D eigenvalue weighted by molar-refractivity contribution is 9.10. The van der Waals surface area contributed by atoms with Gasteiger partial charge < -0.3 is 9.47 Å². The molecule has 0 aliphatic carbocycles. The summed E-state index contributed by atoms with van der Waals surface area (Å²) in [5, 5.41) is 0. The molecule has 0 atom stereocenters. The number of carbonyl (C=O) groups is 1. The van der Waals surface area contributed by atoms with Gasteiger partial charge in [-0.05, 0) is 37.6 Å². The summed E-state index contributed by atoms with van der Waals surface area (Å²) in [4.78, 5) is 11.4. The summed E-state index contributed by atoms with van der Waals surface area (Å²) in [6.45, 7) is 4.34. The van der Waals surface area contributed by atoms with Gasteiger partial charge in [0, 0.05) is 10.0 Å². The highest BCUT2D eigenvalue weighted by atomic mass is 79.9. The van der Waals surface area contributed by atoms with Gasteiger partial charge in [0.2, 0.25) is 0 Å². The third-order valence-corrected chi connectivity index (χ3v) is 2.76. The molecule has 0 N–H and O–H groups in total. The maximum absolute atomic E-state index is 11.4. The van der Waals surface area contributed by atoms with Crippen molar-refractivity contribution < 1.29 is 14.3 Å². The minimum Gasteiger partial charge on any atom is -0.490 e. The molecule has 0 unspecified atom stereocenters. The topological polar surface area (TPSA) is 35.5 Å². The monoisotopic (exact) mass is 312 g/mol. The van der Waals surface area contributed by atoms with E-state index in [4.69, 9.17) is 9.47 Å².